The minimum absolute atomic E-state index is 0.111. The highest BCUT2D eigenvalue weighted by atomic mass is 79.9. The van der Waals surface area contributed by atoms with Crippen molar-refractivity contribution >= 4 is 67.8 Å². The average molecular weight is 459 g/mol. The van der Waals surface area contributed by atoms with Crippen molar-refractivity contribution in [2.75, 3.05) is 11.9 Å². The Morgan fingerprint density at radius 3 is 2.56 bits per heavy atom. The number of carbonyl (C=O) groups is 2. The third-order valence-electron chi connectivity index (χ3n) is 3.64. The number of thiocarbonyl (C=S) groups is 1. The summed E-state index contributed by atoms with van der Waals surface area (Å²) in [6, 6.07) is 17.0. The molecule has 0 aromatic heterocycles. The van der Waals surface area contributed by atoms with Gasteiger partial charge in [0.25, 0.3) is 5.91 Å². The van der Waals surface area contributed by atoms with E-state index in [-0.39, 0.29) is 18.4 Å². The summed E-state index contributed by atoms with van der Waals surface area (Å²) in [6.45, 7) is -0.111. The van der Waals surface area contributed by atoms with Gasteiger partial charge in [-0.05, 0) is 35.9 Å². The van der Waals surface area contributed by atoms with Crippen LogP contribution in [0.15, 0.2) is 76.1 Å². The number of hydrogen-bond donors (Lipinski definition) is 1. The molecule has 2 aromatic carbocycles. The number of thioether (sulfide) groups is 1. The maximum atomic E-state index is 12.5. The fourth-order valence-electron chi connectivity index (χ4n) is 2.34. The molecule has 1 saturated heterocycles. The molecule has 0 saturated carbocycles. The minimum Gasteiger partial charge on any atom is -0.325 e. The van der Waals surface area contributed by atoms with Crippen LogP contribution in [-0.2, 0) is 9.59 Å². The van der Waals surface area contributed by atoms with Gasteiger partial charge in [-0.2, -0.15) is 0 Å². The van der Waals surface area contributed by atoms with Crippen molar-refractivity contribution in [3.63, 3.8) is 0 Å². The van der Waals surface area contributed by atoms with Crippen molar-refractivity contribution < 1.29 is 9.59 Å². The Bertz CT molecular complexity index is 925. The second-order valence-corrected chi connectivity index (χ2v) is 8.21. The highest BCUT2D eigenvalue weighted by Crippen LogP contribution is 2.30. The molecule has 7 heteroatoms. The van der Waals surface area contributed by atoms with Crippen LogP contribution in [-0.4, -0.2) is 27.6 Å². The van der Waals surface area contributed by atoms with Gasteiger partial charge in [-0.1, -0.05) is 82.4 Å². The minimum atomic E-state index is -0.297. The second-order valence-electron chi connectivity index (χ2n) is 5.62. The van der Waals surface area contributed by atoms with E-state index in [2.05, 4.69) is 21.2 Å². The summed E-state index contributed by atoms with van der Waals surface area (Å²) in [4.78, 5) is 26.6. The molecule has 0 atom stereocenters. The van der Waals surface area contributed by atoms with Crippen LogP contribution < -0.4 is 5.32 Å². The molecule has 2 amide bonds. The van der Waals surface area contributed by atoms with Crippen molar-refractivity contribution in [1.29, 1.82) is 0 Å². The normalized spacial score (nSPS) is 15.7. The van der Waals surface area contributed by atoms with Gasteiger partial charge in [-0.25, -0.2) is 0 Å². The van der Waals surface area contributed by atoms with Crippen LogP contribution in [0.5, 0.6) is 0 Å². The molecule has 0 spiro atoms. The van der Waals surface area contributed by atoms with Gasteiger partial charge in [0.05, 0.1) is 4.91 Å². The van der Waals surface area contributed by atoms with Gasteiger partial charge in [-0.3, -0.25) is 14.5 Å². The molecule has 1 aliphatic rings. The summed E-state index contributed by atoms with van der Waals surface area (Å²) >= 11 is 9.80. The summed E-state index contributed by atoms with van der Waals surface area (Å²) < 4.78 is 1.30. The lowest BCUT2D eigenvalue weighted by Gasteiger charge is -2.14. The van der Waals surface area contributed by atoms with Gasteiger partial charge < -0.3 is 5.32 Å². The lowest BCUT2D eigenvalue weighted by molar-refractivity contribution is -0.126. The van der Waals surface area contributed by atoms with E-state index in [1.807, 2.05) is 54.6 Å². The zero-order valence-electron chi connectivity index (χ0n) is 14.1. The van der Waals surface area contributed by atoms with Crippen LogP contribution in [0.25, 0.3) is 6.08 Å². The summed E-state index contributed by atoms with van der Waals surface area (Å²) in [5.74, 6) is -0.552. The largest absolute Gasteiger partial charge is 0.325 e. The van der Waals surface area contributed by atoms with Crippen LogP contribution in [0.2, 0.25) is 0 Å². The monoisotopic (exact) mass is 458 g/mol. The summed E-state index contributed by atoms with van der Waals surface area (Å²) in [5.41, 5.74) is 1.70. The number of carbonyl (C=O) groups excluding carboxylic acids is 2. The second kappa shape index (κ2) is 9.12. The molecular formula is C20H15BrN2O2S2. The maximum absolute atomic E-state index is 12.5. The van der Waals surface area contributed by atoms with Gasteiger partial charge in [0.15, 0.2) is 0 Å². The summed E-state index contributed by atoms with van der Waals surface area (Å²) in [6.07, 6.45) is 5.44. The molecular weight excluding hydrogens is 444 g/mol. The first-order chi connectivity index (χ1) is 13.0. The molecule has 136 valence electrons. The van der Waals surface area contributed by atoms with E-state index in [1.54, 1.807) is 18.2 Å². The number of rotatable bonds is 5. The van der Waals surface area contributed by atoms with Crippen molar-refractivity contribution in [2.45, 2.75) is 0 Å². The third kappa shape index (κ3) is 5.38. The van der Waals surface area contributed by atoms with Gasteiger partial charge >= 0.3 is 0 Å². The van der Waals surface area contributed by atoms with Crippen LogP contribution in [0.1, 0.15) is 5.56 Å². The number of nitrogens with zero attached hydrogens (tertiary/aromatic N) is 1. The maximum Gasteiger partial charge on any atom is 0.266 e. The van der Waals surface area contributed by atoms with Crippen LogP contribution in [0.4, 0.5) is 5.69 Å². The molecule has 27 heavy (non-hydrogen) atoms. The average Bonchev–Trinajstić information content (AvgIpc) is 2.92. The number of amides is 2. The Hall–Kier alpha value is -2.22. The Kier molecular flexibility index (Phi) is 6.60. The standard InChI is InChI=1S/C20H15BrN2O2S2/c21-15-9-11-16(12-10-15)22-18(24)13-23-19(25)17(27-20(23)26)8-4-7-14-5-2-1-3-6-14/h1-12H,13H2,(H,22,24)/b7-4+,17-8+. The number of nitrogens with one attached hydrogen (secondary N) is 1. The topological polar surface area (TPSA) is 49.4 Å². The lowest BCUT2D eigenvalue weighted by atomic mass is 10.2. The van der Waals surface area contributed by atoms with E-state index in [0.717, 1.165) is 10.0 Å². The van der Waals surface area contributed by atoms with Gasteiger partial charge in [0.2, 0.25) is 5.91 Å². The predicted octanol–water partition coefficient (Wildman–Crippen LogP) is 4.85. The lowest BCUT2D eigenvalue weighted by Crippen LogP contribution is -2.36. The molecule has 2 aromatic rings. The zero-order chi connectivity index (χ0) is 19.2. The van der Waals surface area contributed by atoms with E-state index in [0.29, 0.717) is 14.9 Å². The molecule has 3 rings (SSSR count). The van der Waals surface area contributed by atoms with E-state index >= 15 is 0 Å². The number of hydrogen-bond acceptors (Lipinski definition) is 4. The quantitative estimate of drug-likeness (QED) is 0.513. The molecule has 1 N–H and O–H groups in total. The van der Waals surface area contributed by atoms with Crippen molar-refractivity contribution in [2.24, 2.45) is 0 Å². The number of benzene rings is 2. The molecule has 0 bridgehead atoms. The molecule has 1 fully saturated rings. The predicted molar refractivity (Wildman–Crippen MR) is 118 cm³/mol. The Morgan fingerprint density at radius 1 is 1.15 bits per heavy atom. The van der Waals surface area contributed by atoms with Crippen LogP contribution in [0.3, 0.4) is 0 Å². The number of allylic oxidation sites excluding steroid dienone is 2. The van der Waals surface area contributed by atoms with Gasteiger partial charge in [-0.15, -0.1) is 0 Å². The van der Waals surface area contributed by atoms with Crippen molar-refractivity contribution in [1.82, 2.24) is 4.90 Å². The smallest absolute Gasteiger partial charge is 0.266 e. The van der Waals surface area contributed by atoms with Crippen LogP contribution >= 0.6 is 39.9 Å². The third-order valence-corrected chi connectivity index (χ3v) is 5.56. The first kappa shape index (κ1) is 19.5. The Labute approximate surface area is 175 Å². The van der Waals surface area contributed by atoms with E-state index in [9.17, 15) is 9.59 Å². The van der Waals surface area contributed by atoms with Crippen LogP contribution in [0, 0.1) is 0 Å². The van der Waals surface area contributed by atoms with Gasteiger partial charge in [0, 0.05) is 10.2 Å². The van der Waals surface area contributed by atoms with E-state index < -0.39 is 0 Å². The fraction of sp³-hybridized carbons (Fsp3) is 0.0500. The zero-order valence-corrected chi connectivity index (χ0v) is 17.3. The first-order valence-electron chi connectivity index (χ1n) is 8.05. The number of halogens is 1. The first-order valence-corrected chi connectivity index (χ1v) is 10.1. The number of anilines is 1. The van der Waals surface area contributed by atoms with E-state index in [1.165, 1.54) is 16.7 Å². The summed E-state index contributed by atoms with van der Waals surface area (Å²) in [5, 5.41) is 2.76. The Balaban J connectivity index is 1.61. The Morgan fingerprint density at radius 2 is 1.85 bits per heavy atom. The van der Waals surface area contributed by atoms with E-state index in [4.69, 9.17) is 12.2 Å². The molecule has 4 nitrogen and oxygen atoms in total. The van der Waals surface area contributed by atoms with Crippen molar-refractivity contribution in [3.8, 4) is 0 Å². The molecule has 0 unspecified atom stereocenters. The highest BCUT2D eigenvalue weighted by molar-refractivity contribution is 9.10. The highest BCUT2D eigenvalue weighted by Gasteiger charge is 2.32. The molecule has 1 heterocycles. The molecule has 1 aliphatic heterocycles. The fourth-order valence-corrected chi connectivity index (χ4v) is 3.81. The van der Waals surface area contributed by atoms with Crippen molar-refractivity contribution in [3.05, 3.63) is 81.7 Å². The summed E-state index contributed by atoms with van der Waals surface area (Å²) in [7, 11) is 0. The molecule has 0 radical (unpaired) electrons. The SMILES string of the molecule is O=C(CN1C(=O)/C(=C\C=C\c2ccccc2)SC1=S)Nc1ccc(Br)cc1. The van der Waals surface area contributed by atoms with Gasteiger partial charge in [0.1, 0.15) is 10.9 Å². The molecule has 0 aliphatic carbocycles.